The molecule has 18 heavy (non-hydrogen) atoms. The van der Waals surface area contributed by atoms with E-state index in [2.05, 4.69) is 0 Å². The molecule has 0 rings (SSSR count). The topological polar surface area (TPSA) is 70.1 Å². The van der Waals surface area contributed by atoms with E-state index < -0.39 is 11.5 Å². The van der Waals surface area contributed by atoms with Gasteiger partial charge in [-0.3, -0.25) is 0 Å². The molecule has 0 aliphatic heterocycles. The molecule has 0 fully saturated rings. The Morgan fingerprint density at radius 3 is 2.17 bits per heavy atom. The molecule has 0 aromatic rings. The van der Waals surface area contributed by atoms with Crippen LogP contribution in [-0.4, -0.2) is 65.8 Å². The second-order valence-corrected chi connectivity index (χ2v) is 5.05. The van der Waals surface area contributed by atoms with Gasteiger partial charge in [-0.2, -0.15) is 0 Å². The molecule has 106 valence electrons. The zero-order valence-electron chi connectivity index (χ0n) is 12.1. The standard InChI is InChI=1S/C12H24N2O4/c1-9(2)18-8-7-13(5)11(17)14(6)12(3,4)10(15)16/h9H,7-8H2,1-6H3,(H,15,16). The van der Waals surface area contributed by atoms with E-state index >= 15 is 0 Å². The molecule has 0 aromatic carbocycles. The van der Waals surface area contributed by atoms with Crippen LogP contribution in [0.1, 0.15) is 27.7 Å². The normalized spacial score (nSPS) is 11.5. The number of urea groups is 1. The van der Waals surface area contributed by atoms with Crippen molar-refractivity contribution in [2.24, 2.45) is 0 Å². The predicted octanol–water partition coefficient (Wildman–Crippen LogP) is 1.26. The maximum atomic E-state index is 12.0. The zero-order chi connectivity index (χ0) is 14.5. The molecule has 0 aliphatic carbocycles. The first kappa shape index (κ1) is 16.7. The smallest absolute Gasteiger partial charge is 0.329 e. The van der Waals surface area contributed by atoms with Crippen LogP contribution in [0.2, 0.25) is 0 Å². The largest absolute Gasteiger partial charge is 0.480 e. The Hall–Kier alpha value is -1.30. The van der Waals surface area contributed by atoms with Gasteiger partial charge in [-0.05, 0) is 27.7 Å². The first-order valence-electron chi connectivity index (χ1n) is 5.94. The molecule has 0 radical (unpaired) electrons. The molecule has 0 saturated carbocycles. The average molecular weight is 260 g/mol. The fourth-order valence-electron chi connectivity index (χ4n) is 1.16. The molecule has 0 heterocycles. The minimum Gasteiger partial charge on any atom is -0.480 e. The van der Waals surface area contributed by atoms with Crippen molar-refractivity contribution in [1.82, 2.24) is 9.80 Å². The molecule has 0 saturated heterocycles. The van der Waals surface area contributed by atoms with Crippen LogP contribution in [0.4, 0.5) is 4.79 Å². The SMILES string of the molecule is CC(C)OCCN(C)C(=O)N(C)C(C)(C)C(=O)O. The van der Waals surface area contributed by atoms with Crippen molar-refractivity contribution < 1.29 is 19.4 Å². The van der Waals surface area contributed by atoms with Crippen molar-refractivity contribution in [2.45, 2.75) is 39.3 Å². The summed E-state index contributed by atoms with van der Waals surface area (Å²) in [5.74, 6) is -1.04. The number of ether oxygens (including phenoxy) is 1. The van der Waals surface area contributed by atoms with E-state index in [9.17, 15) is 9.59 Å². The molecular formula is C12H24N2O4. The van der Waals surface area contributed by atoms with Gasteiger partial charge in [0.2, 0.25) is 0 Å². The minimum absolute atomic E-state index is 0.113. The third-order valence-electron chi connectivity index (χ3n) is 2.85. The van der Waals surface area contributed by atoms with E-state index in [-0.39, 0.29) is 12.1 Å². The first-order valence-corrected chi connectivity index (χ1v) is 5.94. The summed E-state index contributed by atoms with van der Waals surface area (Å²) in [4.78, 5) is 25.7. The maximum Gasteiger partial charge on any atom is 0.329 e. The van der Waals surface area contributed by atoms with Crippen LogP contribution in [0.5, 0.6) is 0 Å². The third kappa shape index (κ3) is 4.52. The number of likely N-dealkylation sites (N-methyl/N-ethyl adjacent to an activating group) is 2. The minimum atomic E-state index is -1.23. The maximum absolute atomic E-state index is 12.0. The number of amides is 2. The van der Waals surface area contributed by atoms with Crippen molar-refractivity contribution in [2.75, 3.05) is 27.2 Å². The van der Waals surface area contributed by atoms with E-state index in [4.69, 9.17) is 9.84 Å². The van der Waals surface area contributed by atoms with Crippen LogP contribution < -0.4 is 0 Å². The summed E-state index contributed by atoms with van der Waals surface area (Å²) < 4.78 is 5.35. The van der Waals surface area contributed by atoms with Gasteiger partial charge in [0.15, 0.2) is 0 Å². The molecule has 0 spiro atoms. The van der Waals surface area contributed by atoms with Crippen molar-refractivity contribution in [1.29, 1.82) is 0 Å². The second kappa shape index (κ2) is 6.58. The van der Waals surface area contributed by atoms with Crippen LogP contribution in [0, 0.1) is 0 Å². The Balaban J connectivity index is 4.42. The van der Waals surface area contributed by atoms with Gasteiger partial charge >= 0.3 is 12.0 Å². The van der Waals surface area contributed by atoms with E-state index in [0.29, 0.717) is 13.2 Å². The number of hydrogen-bond acceptors (Lipinski definition) is 3. The quantitative estimate of drug-likeness (QED) is 0.780. The third-order valence-corrected chi connectivity index (χ3v) is 2.85. The van der Waals surface area contributed by atoms with Crippen molar-refractivity contribution in [3.8, 4) is 0 Å². The van der Waals surface area contributed by atoms with Crippen LogP contribution in [0.25, 0.3) is 0 Å². The summed E-state index contributed by atoms with van der Waals surface area (Å²) in [6.07, 6.45) is 0.113. The van der Waals surface area contributed by atoms with Crippen molar-refractivity contribution >= 4 is 12.0 Å². The van der Waals surface area contributed by atoms with Gasteiger partial charge in [-0.15, -0.1) is 0 Å². The van der Waals surface area contributed by atoms with Crippen LogP contribution in [-0.2, 0) is 9.53 Å². The van der Waals surface area contributed by atoms with Gasteiger partial charge in [0.05, 0.1) is 12.7 Å². The zero-order valence-corrected chi connectivity index (χ0v) is 12.1. The molecule has 0 aliphatic rings. The predicted molar refractivity (Wildman–Crippen MR) is 68.6 cm³/mol. The molecule has 0 unspecified atom stereocenters. The van der Waals surface area contributed by atoms with Gasteiger partial charge in [-0.25, -0.2) is 9.59 Å². The number of rotatable bonds is 6. The van der Waals surface area contributed by atoms with Crippen molar-refractivity contribution in [3.63, 3.8) is 0 Å². The van der Waals surface area contributed by atoms with Crippen LogP contribution >= 0.6 is 0 Å². The number of aliphatic carboxylic acids is 1. The lowest BCUT2D eigenvalue weighted by atomic mass is 10.0. The molecule has 0 bridgehead atoms. The molecule has 6 heteroatoms. The molecular weight excluding hydrogens is 236 g/mol. The second-order valence-electron chi connectivity index (χ2n) is 5.05. The van der Waals surface area contributed by atoms with E-state index in [0.717, 1.165) is 0 Å². The number of carbonyl (C=O) groups is 2. The Morgan fingerprint density at radius 2 is 1.78 bits per heavy atom. The Morgan fingerprint density at radius 1 is 1.28 bits per heavy atom. The fourth-order valence-corrected chi connectivity index (χ4v) is 1.16. The summed E-state index contributed by atoms with van der Waals surface area (Å²) in [6.45, 7) is 7.68. The Kier molecular flexibility index (Phi) is 6.11. The summed E-state index contributed by atoms with van der Waals surface area (Å²) in [7, 11) is 3.11. The van der Waals surface area contributed by atoms with E-state index in [1.807, 2.05) is 13.8 Å². The first-order chi connectivity index (χ1) is 8.10. The van der Waals surface area contributed by atoms with Gasteiger partial charge in [0.25, 0.3) is 0 Å². The van der Waals surface area contributed by atoms with Gasteiger partial charge < -0.3 is 19.6 Å². The molecule has 0 aromatic heterocycles. The number of carboxylic acid groups (broad SMARTS) is 1. The molecule has 2 amide bonds. The highest BCUT2D eigenvalue weighted by Crippen LogP contribution is 2.14. The number of carbonyl (C=O) groups excluding carboxylic acids is 1. The fraction of sp³-hybridized carbons (Fsp3) is 0.833. The lowest BCUT2D eigenvalue weighted by Crippen LogP contribution is -2.54. The summed E-state index contributed by atoms with van der Waals surface area (Å²) in [5.41, 5.74) is -1.23. The number of carboxylic acids is 1. The summed E-state index contributed by atoms with van der Waals surface area (Å²) >= 11 is 0. The van der Waals surface area contributed by atoms with Gasteiger partial charge in [-0.1, -0.05) is 0 Å². The molecule has 0 atom stereocenters. The Labute approximate surface area is 109 Å². The lowest BCUT2D eigenvalue weighted by molar-refractivity contribution is -0.147. The Bertz CT molecular complexity index is 302. The highest BCUT2D eigenvalue weighted by atomic mass is 16.5. The van der Waals surface area contributed by atoms with E-state index in [1.165, 1.54) is 30.7 Å². The highest BCUT2D eigenvalue weighted by molar-refractivity contribution is 5.85. The average Bonchev–Trinajstić information content (AvgIpc) is 2.25. The van der Waals surface area contributed by atoms with Gasteiger partial charge in [0, 0.05) is 20.6 Å². The number of hydrogen-bond donors (Lipinski definition) is 1. The van der Waals surface area contributed by atoms with Gasteiger partial charge in [0.1, 0.15) is 5.54 Å². The summed E-state index contributed by atoms with van der Waals surface area (Å²) in [5, 5.41) is 9.05. The molecule has 1 N–H and O–H groups in total. The van der Waals surface area contributed by atoms with Crippen LogP contribution in [0.15, 0.2) is 0 Å². The van der Waals surface area contributed by atoms with Crippen molar-refractivity contribution in [3.05, 3.63) is 0 Å². The van der Waals surface area contributed by atoms with Crippen LogP contribution in [0.3, 0.4) is 0 Å². The summed E-state index contributed by atoms with van der Waals surface area (Å²) in [6, 6.07) is -0.338. The lowest BCUT2D eigenvalue weighted by Gasteiger charge is -2.34. The van der Waals surface area contributed by atoms with E-state index in [1.54, 1.807) is 7.05 Å². The molecule has 6 nitrogen and oxygen atoms in total. The monoisotopic (exact) mass is 260 g/mol. The highest BCUT2D eigenvalue weighted by Gasteiger charge is 2.36. The number of nitrogens with zero attached hydrogens (tertiary/aromatic N) is 2.